The lowest BCUT2D eigenvalue weighted by atomic mass is 10.1. The average molecular weight is 344 g/mol. The molecular weight excluding hydrogens is 330 g/mol. The molecule has 0 amide bonds. The van der Waals surface area contributed by atoms with Crippen LogP contribution in [0.1, 0.15) is 33.2 Å². The first-order valence-electron chi connectivity index (χ1n) is 7.63. The topological polar surface area (TPSA) is 52.6 Å². The second kappa shape index (κ2) is 6.84. The van der Waals surface area contributed by atoms with E-state index < -0.39 is 18.2 Å². The third-order valence-corrected chi connectivity index (χ3v) is 3.72. The Morgan fingerprint density at radius 2 is 1.64 bits per heavy atom. The van der Waals surface area contributed by atoms with E-state index in [4.69, 9.17) is 4.74 Å². The first-order chi connectivity index (χ1) is 12.0. The molecule has 0 atom stereocenters. The minimum absolute atomic E-state index is 0.0889. The molecule has 0 radical (unpaired) electrons. The summed E-state index contributed by atoms with van der Waals surface area (Å²) in [6.07, 6.45) is 1.27. The number of fused-ring (bicyclic) bond motifs is 1. The van der Waals surface area contributed by atoms with Gasteiger partial charge in [-0.3, -0.25) is 9.59 Å². The van der Waals surface area contributed by atoms with Crippen LogP contribution >= 0.6 is 0 Å². The van der Waals surface area contributed by atoms with Gasteiger partial charge in [0.1, 0.15) is 0 Å². The average Bonchev–Trinajstić information content (AvgIpc) is 2.83. The van der Waals surface area contributed by atoms with Crippen LogP contribution < -0.4 is 9.47 Å². The van der Waals surface area contributed by atoms with Crippen LogP contribution in [0.15, 0.2) is 48.0 Å². The molecule has 2 aromatic carbocycles. The predicted octanol–water partition coefficient (Wildman–Crippen LogP) is 4.15. The Labute approximate surface area is 142 Å². The summed E-state index contributed by atoms with van der Waals surface area (Å²) in [5.74, 6) is -0.966. The van der Waals surface area contributed by atoms with Crippen LogP contribution in [0.5, 0.6) is 11.5 Å². The number of rotatable bonds is 5. The summed E-state index contributed by atoms with van der Waals surface area (Å²) in [4.78, 5) is 24.9. The fraction of sp³-hybridized carbons (Fsp3) is 0.158. The van der Waals surface area contributed by atoms with E-state index in [1.54, 1.807) is 37.3 Å². The van der Waals surface area contributed by atoms with Crippen LogP contribution in [0.2, 0.25) is 0 Å². The van der Waals surface area contributed by atoms with Crippen molar-refractivity contribution >= 4 is 17.6 Å². The smallest absolute Gasteiger partial charge is 0.387 e. The Balaban J connectivity index is 2.09. The van der Waals surface area contributed by atoms with Crippen molar-refractivity contribution in [3.63, 3.8) is 0 Å². The second-order valence-electron chi connectivity index (χ2n) is 5.25. The molecule has 0 heterocycles. The lowest BCUT2D eigenvalue weighted by Gasteiger charge is -2.13. The van der Waals surface area contributed by atoms with E-state index in [0.717, 1.165) is 0 Å². The number of para-hydroxylation sites is 1. The van der Waals surface area contributed by atoms with Gasteiger partial charge in [-0.1, -0.05) is 36.4 Å². The third-order valence-electron chi connectivity index (χ3n) is 3.72. The van der Waals surface area contributed by atoms with Gasteiger partial charge in [-0.2, -0.15) is 8.78 Å². The molecule has 0 spiro atoms. The maximum Gasteiger partial charge on any atom is 0.387 e. The van der Waals surface area contributed by atoms with Gasteiger partial charge in [-0.05, 0) is 19.1 Å². The minimum Gasteiger partial charge on any atom is -0.490 e. The number of Topliss-reactive ketones (excluding diaryl/α,β-unsaturated/α-hetero) is 2. The Kier molecular flexibility index (Phi) is 4.61. The monoisotopic (exact) mass is 344 g/mol. The molecule has 0 aliphatic heterocycles. The van der Waals surface area contributed by atoms with Crippen molar-refractivity contribution < 1.29 is 27.8 Å². The molecule has 6 heteroatoms. The molecular formula is C19H14F2O4. The second-order valence-corrected chi connectivity index (χ2v) is 5.25. The van der Waals surface area contributed by atoms with Crippen LogP contribution in [0.4, 0.5) is 8.78 Å². The standard InChI is InChI=1S/C19H14F2O4/c1-2-24-15-9-5-6-11(18(15)25-19(20)21)10-14-16(22)12-7-3-4-8-13(12)17(14)23/h3-10,19H,2H2,1H3. The molecule has 0 fully saturated rings. The van der Waals surface area contributed by atoms with Crippen molar-refractivity contribution in [2.75, 3.05) is 6.61 Å². The number of hydrogen-bond acceptors (Lipinski definition) is 4. The van der Waals surface area contributed by atoms with Gasteiger partial charge in [0.15, 0.2) is 23.1 Å². The SMILES string of the molecule is CCOc1cccc(C=C2C(=O)c3ccccc3C2=O)c1OC(F)F. The molecule has 0 saturated heterocycles. The highest BCUT2D eigenvalue weighted by atomic mass is 19.3. The van der Waals surface area contributed by atoms with E-state index in [9.17, 15) is 18.4 Å². The first kappa shape index (κ1) is 16.8. The molecule has 0 N–H and O–H groups in total. The van der Waals surface area contributed by atoms with Crippen molar-refractivity contribution in [3.8, 4) is 11.5 Å². The molecule has 1 aliphatic carbocycles. The molecule has 0 bridgehead atoms. The maximum absolute atomic E-state index is 12.8. The molecule has 1 aliphatic rings. The number of carbonyl (C=O) groups is 2. The highest BCUT2D eigenvalue weighted by Crippen LogP contribution is 2.36. The molecule has 0 unspecified atom stereocenters. The van der Waals surface area contributed by atoms with Gasteiger partial charge < -0.3 is 9.47 Å². The third kappa shape index (κ3) is 3.15. The fourth-order valence-electron chi connectivity index (χ4n) is 2.69. The Hall–Kier alpha value is -3.02. The number of ketones is 2. The first-order valence-corrected chi connectivity index (χ1v) is 7.63. The number of hydrogen-bond donors (Lipinski definition) is 0. The zero-order valence-corrected chi connectivity index (χ0v) is 13.3. The van der Waals surface area contributed by atoms with E-state index in [1.165, 1.54) is 18.2 Å². The number of carbonyl (C=O) groups excluding carboxylic acids is 2. The molecule has 4 nitrogen and oxygen atoms in total. The zero-order valence-electron chi connectivity index (χ0n) is 13.3. The lowest BCUT2D eigenvalue weighted by Crippen LogP contribution is -2.07. The normalized spacial score (nSPS) is 13.2. The van der Waals surface area contributed by atoms with Gasteiger partial charge in [0.25, 0.3) is 0 Å². The van der Waals surface area contributed by atoms with Crippen LogP contribution in [-0.2, 0) is 0 Å². The number of alkyl halides is 2. The quantitative estimate of drug-likeness (QED) is 0.604. The van der Waals surface area contributed by atoms with E-state index in [1.807, 2.05) is 0 Å². The van der Waals surface area contributed by atoms with Gasteiger partial charge in [-0.25, -0.2) is 0 Å². The van der Waals surface area contributed by atoms with Gasteiger partial charge in [0.05, 0.1) is 12.2 Å². The van der Waals surface area contributed by atoms with Gasteiger partial charge in [0, 0.05) is 16.7 Å². The number of halogens is 2. The van der Waals surface area contributed by atoms with Crippen molar-refractivity contribution in [1.29, 1.82) is 0 Å². The van der Waals surface area contributed by atoms with Crippen LogP contribution in [0.25, 0.3) is 6.08 Å². The molecule has 128 valence electrons. The van der Waals surface area contributed by atoms with E-state index in [0.29, 0.717) is 11.1 Å². The molecule has 0 saturated carbocycles. The summed E-state index contributed by atoms with van der Waals surface area (Å²) in [6.45, 7) is -1.10. The van der Waals surface area contributed by atoms with Gasteiger partial charge in [0.2, 0.25) is 0 Å². The summed E-state index contributed by atoms with van der Waals surface area (Å²) in [7, 11) is 0. The largest absolute Gasteiger partial charge is 0.490 e. The number of benzene rings is 2. The minimum atomic E-state index is -3.06. The highest BCUT2D eigenvalue weighted by Gasteiger charge is 2.33. The van der Waals surface area contributed by atoms with E-state index >= 15 is 0 Å². The zero-order chi connectivity index (χ0) is 18.0. The van der Waals surface area contributed by atoms with E-state index in [2.05, 4.69) is 4.74 Å². The maximum atomic E-state index is 12.8. The molecule has 3 rings (SSSR count). The summed E-state index contributed by atoms with van der Waals surface area (Å²) >= 11 is 0. The van der Waals surface area contributed by atoms with Crippen molar-refractivity contribution in [1.82, 2.24) is 0 Å². The van der Waals surface area contributed by atoms with Gasteiger partial charge >= 0.3 is 6.61 Å². The van der Waals surface area contributed by atoms with E-state index in [-0.39, 0.29) is 29.2 Å². The molecule has 25 heavy (non-hydrogen) atoms. The fourth-order valence-corrected chi connectivity index (χ4v) is 2.69. The van der Waals surface area contributed by atoms with Crippen LogP contribution in [0.3, 0.4) is 0 Å². The summed E-state index contributed by atoms with van der Waals surface area (Å²) < 4.78 is 35.4. The highest BCUT2D eigenvalue weighted by molar-refractivity contribution is 6.41. The molecule has 0 aromatic heterocycles. The summed E-state index contributed by atoms with van der Waals surface area (Å²) in [5.41, 5.74) is 0.691. The summed E-state index contributed by atoms with van der Waals surface area (Å²) in [6, 6.07) is 11.0. The van der Waals surface area contributed by atoms with Gasteiger partial charge in [-0.15, -0.1) is 0 Å². The van der Waals surface area contributed by atoms with Crippen molar-refractivity contribution in [3.05, 3.63) is 64.7 Å². The Morgan fingerprint density at radius 3 is 2.20 bits per heavy atom. The van der Waals surface area contributed by atoms with Crippen molar-refractivity contribution in [2.24, 2.45) is 0 Å². The number of allylic oxidation sites excluding steroid dienone is 1. The van der Waals surface area contributed by atoms with Crippen LogP contribution in [0, 0.1) is 0 Å². The molecule has 2 aromatic rings. The lowest BCUT2D eigenvalue weighted by molar-refractivity contribution is -0.0515. The Bertz CT molecular complexity index is 834. The van der Waals surface area contributed by atoms with Crippen LogP contribution in [-0.4, -0.2) is 24.8 Å². The number of ether oxygens (including phenoxy) is 2. The van der Waals surface area contributed by atoms with Crippen molar-refractivity contribution in [2.45, 2.75) is 13.5 Å². The summed E-state index contributed by atoms with van der Waals surface area (Å²) in [5, 5.41) is 0. The predicted molar refractivity (Wildman–Crippen MR) is 87.3 cm³/mol. The Morgan fingerprint density at radius 1 is 1.00 bits per heavy atom.